The van der Waals surface area contributed by atoms with Crippen molar-refractivity contribution in [2.75, 3.05) is 0 Å². The quantitative estimate of drug-likeness (QED) is 0.736. The van der Waals surface area contributed by atoms with Crippen molar-refractivity contribution in [2.45, 2.75) is 6.61 Å². The van der Waals surface area contributed by atoms with E-state index < -0.39 is 0 Å². The number of hydrogen-bond donors (Lipinski definition) is 1. The van der Waals surface area contributed by atoms with Gasteiger partial charge in [-0.3, -0.25) is 0 Å². The minimum atomic E-state index is -0.0896. The molecule has 0 aliphatic heterocycles. The molecule has 0 aliphatic carbocycles. The first-order valence-electron chi connectivity index (χ1n) is 4.38. The number of fused-ring (bicyclic) bond motifs is 1. The average molecular weight is 183 g/mol. The first-order valence-corrected chi connectivity index (χ1v) is 4.38. The Morgan fingerprint density at radius 1 is 1.14 bits per heavy atom. The number of nitrogens with zero attached hydrogens (tertiary/aromatic N) is 1. The van der Waals surface area contributed by atoms with Gasteiger partial charge in [0.25, 0.3) is 0 Å². The Kier molecular flexibility index (Phi) is 2.18. The Bertz CT molecular complexity index is 511. The van der Waals surface area contributed by atoms with E-state index in [-0.39, 0.29) is 6.61 Å². The summed E-state index contributed by atoms with van der Waals surface area (Å²) in [5.41, 5.74) is 1.23. The zero-order chi connectivity index (χ0) is 9.97. The van der Waals surface area contributed by atoms with Crippen LogP contribution in [0.5, 0.6) is 0 Å². The lowest BCUT2D eigenvalue weighted by Crippen LogP contribution is -1.89. The fraction of sp³-hybridized carbons (Fsp3) is 0.0833. The molecule has 0 aromatic heterocycles. The standard InChI is InChI=1S/C12H9NO/c13-7-11-5-9-3-1-2-4-10(9)6-12(11)8-14/h1-6,14H,8H2. The highest BCUT2D eigenvalue weighted by molar-refractivity contribution is 5.84. The fourth-order valence-electron chi connectivity index (χ4n) is 1.52. The Morgan fingerprint density at radius 2 is 1.79 bits per heavy atom. The van der Waals surface area contributed by atoms with Gasteiger partial charge in [-0.05, 0) is 28.5 Å². The minimum Gasteiger partial charge on any atom is -0.392 e. The first kappa shape index (κ1) is 8.74. The molecule has 68 valence electrons. The van der Waals surface area contributed by atoms with E-state index in [2.05, 4.69) is 6.07 Å². The highest BCUT2D eigenvalue weighted by atomic mass is 16.3. The monoisotopic (exact) mass is 183 g/mol. The molecule has 0 amide bonds. The van der Waals surface area contributed by atoms with E-state index in [1.807, 2.05) is 30.3 Å². The number of rotatable bonds is 1. The summed E-state index contributed by atoms with van der Waals surface area (Å²) in [5.74, 6) is 0. The molecular formula is C12H9NO. The number of hydrogen-bond acceptors (Lipinski definition) is 2. The van der Waals surface area contributed by atoms with E-state index >= 15 is 0 Å². The maximum atomic E-state index is 9.06. The van der Waals surface area contributed by atoms with Crippen molar-refractivity contribution < 1.29 is 5.11 Å². The minimum absolute atomic E-state index is 0.0896. The molecule has 2 heteroatoms. The zero-order valence-corrected chi connectivity index (χ0v) is 7.57. The van der Waals surface area contributed by atoms with Crippen LogP contribution in [0, 0.1) is 11.3 Å². The van der Waals surface area contributed by atoms with Crippen LogP contribution in [-0.2, 0) is 6.61 Å². The van der Waals surface area contributed by atoms with Crippen molar-refractivity contribution in [1.29, 1.82) is 5.26 Å². The van der Waals surface area contributed by atoms with Crippen LogP contribution in [-0.4, -0.2) is 5.11 Å². The molecule has 0 saturated carbocycles. The third-order valence-electron chi connectivity index (χ3n) is 2.26. The van der Waals surface area contributed by atoms with Crippen LogP contribution < -0.4 is 0 Å². The summed E-state index contributed by atoms with van der Waals surface area (Å²) >= 11 is 0. The molecule has 0 fully saturated rings. The van der Waals surface area contributed by atoms with Crippen LogP contribution in [0.15, 0.2) is 36.4 Å². The molecule has 0 unspecified atom stereocenters. The number of aliphatic hydroxyl groups is 1. The van der Waals surface area contributed by atoms with E-state index in [4.69, 9.17) is 10.4 Å². The summed E-state index contributed by atoms with van der Waals surface area (Å²) < 4.78 is 0. The van der Waals surface area contributed by atoms with Gasteiger partial charge < -0.3 is 5.11 Å². The second-order valence-corrected chi connectivity index (χ2v) is 3.13. The fourth-order valence-corrected chi connectivity index (χ4v) is 1.52. The van der Waals surface area contributed by atoms with Gasteiger partial charge in [0.05, 0.1) is 18.2 Å². The highest BCUT2D eigenvalue weighted by Crippen LogP contribution is 2.19. The molecule has 0 aliphatic rings. The molecule has 0 radical (unpaired) electrons. The van der Waals surface area contributed by atoms with Gasteiger partial charge in [-0.2, -0.15) is 5.26 Å². The third-order valence-corrected chi connectivity index (χ3v) is 2.26. The van der Waals surface area contributed by atoms with Crippen molar-refractivity contribution >= 4 is 10.8 Å². The van der Waals surface area contributed by atoms with Crippen molar-refractivity contribution in [3.8, 4) is 6.07 Å². The summed E-state index contributed by atoms with van der Waals surface area (Å²) in [6.45, 7) is -0.0896. The van der Waals surface area contributed by atoms with Gasteiger partial charge in [0, 0.05) is 0 Å². The highest BCUT2D eigenvalue weighted by Gasteiger charge is 2.02. The molecule has 0 saturated heterocycles. The molecule has 14 heavy (non-hydrogen) atoms. The van der Waals surface area contributed by atoms with Crippen molar-refractivity contribution in [1.82, 2.24) is 0 Å². The second-order valence-electron chi connectivity index (χ2n) is 3.13. The van der Waals surface area contributed by atoms with Crippen LogP contribution in [0.3, 0.4) is 0 Å². The maximum Gasteiger partial charge on any atom is 0.0995 e. The van der Waals surface area contributed by atoms with Crippen molar-refractivity contribution in [3.63, 3.8) is 0 Å². The van der Waals surface area contributed by atoms with Gasteiger partial charge in [0.1, 0.15) is 0 Å². The Hall–Kier alpha value is -1.85. The number of benzene rings is 2. The molecule has 0 spiro atoms. The van der Waals surface area contributed by atoms with Crippen LogP contribution in [0.4, 0.5) is 0 Å². The van der Waals surface area contributed by atoms with Gasteiger partial charge in [-0.25, -0.2) is 0 Å². The van der Waals surface area contributed by atoms with E-state index in [9.17, 15) is 0 Å². The summed E-state index contributed by atoms with van der Waals surface area (Å²) in [6, 6.07) is 13.5. The van der Waals surface area contributed by atoms with Gasteiger partial charge in [-0.1, -0.05) is 24.3 Å². The van der Waals surface area contributed by atoms with Crippen LogP contribution in [0.25, 0.3) is 10.8 Å². The van der Waals surface area contributed by atoms with E-state index in [0.29, 0.717) is 11.1 Å². The average Bonchev–Trinajstić information content (AvgIpc) is 2.27. The summed E-state index contributed by atoms with van der Waals surface area (Å²) in [6.07, 6.45) is 0. The van der Waals surface area contributed by atoms with Gasteiger partial charge >= 0.3 is 0 Å². The topological polar surface area (TPSA) is 44.0 Å². The molecule has 2 aromatic carbocycles. The lowest BCUT2D eigenvalue weighted by atomic mass is 10.0. The normalized spacial score (nSPS) is 10.0. The smallest absolute Gasteiger partial charge is 0.0995 e. The second kappa shape index (κ2) is 3.49. The van der Waals surface area contributed by atoms with Gasteiger partial charge in [0.2, 0.25) is 0 Å². The Labute approximate surface area is 82.0 Å². The third kappa shape index (κ3) is 1.34. The van der Waals surface area contributed by atoms with Crippen molar-refractivity contribution in [2.24, 2.45) is 0 Å². The van der Waals surface area contributed by atoms with Gasteiger partial charge in [-0.15, -0.1) is 0 Å². The molecule has 0 atom stereocenters. The number of nitriles is 1. The lowest BCUT2D eigenvalue weighted by Gasteiger charge is -2.02. The zero-order valence-electron chi connectivity index (χ0n) is 7.57. The first-order chi connectivity index (χ1) is 6.85. The van der Waals surface area contributed by atoms with Crippen LogP contribution >= 0.6 is 0 Å². The SMILES string of the molecule is N#Cc1cc2ccccc2cc1CO. The van der Waals surface area contributed by atoms with E-state index in [0.717, 1.165) is 10.8 Å². The van der Waals surface area contributed by atoms with Crippen LogP contribution in [0.1, 0.15) is 11.1 Å². The summed E-state index contributed by atoms with van der Waals surface area (Å²) in [5, 5.41) is 20.0. The molecule has 2 nitrogen and oxygen atoms in total. The Morgan fingerprint density at radius 3 is 2.36 bits per heavy atom. The van der Waals surface area contributed by atoms with Gasteiger partial charge in [0.15, 0.2) is 0 Å². The molecule has 2 rings (SSSR count). The molecule has 0 bridgehead atoms. The molecular weight excluding hydrogens is 174 g/mol. The van der Waals surface area contributed by atoms with E-state index in [1.165, 1.54) is 0 Å². The predicted octanol–water partition coefficient (Wildman–Crippen LogP) is 2.20. The largest absolute Gasteiger partial charge is 0.392 e. The van der Waals surface area contributed by atoms with E-state index in [1.54, 1.807) is 6.07 Å². The number of aliphatic hydroxyl groups excluding tert-OH is 1. The molecule has 2 aromatic rings. The predicted molar refractivity (Wildman–Crippen MR) is 54.6 cm³/mol. The van der Waals surface area contributed by atoms with Crippen molar-refractivity contribution in [3.05, 3.63) is 47.5 Å². The van der Waals surface area contributed by atoms with Crippen LogP contribution in [0.2, 0.25) is 0 Å². The lowest BCUT2D eigenvalue weighted by molar-refractivity contribution is 0.281. The maximum absolute atomic E-state index is 9.06. The molecule has 0 heterocycles. The summed E-state index contributed by atoms with van der Waals surface area (Å²) in [4.78, 5) is 0. The Balaban J connectivity index is 2.77. The summed E-state index contributed by atoms with van der Waals surface area (Å²) in [7, 11) is 0. The molecule has 1 N–H and O–H groups in total.